The van der Waals surface area contributed by atoms with Crippen LogP contribution in [0.4, 0.5) is 9.52 Å². The highest BCUT2D eigenvalue weighted by atomic mass is 35.5. The summed E-state index contributed by atoms with van der Waals surface area (Å²) in [6.07, 6.45) is 3.77. The Morgan fingerprint density at radius 1 is 1.29 bits per heavy atom. The number of ether oxygens (including phenoxy) is 1. The zero-order valence-electron chi connectivity index (χ0n) is 15.2. The molecule has 0 spiro atoms. The predicted molar refractivity (Wildman–Crippen MR) is 109 cm³/mol. The summed E-state index contributed by atoms with van der Waals surface area (Å²) in [6.45, 7) is 0. The van der Waals surface area contributed by atoms with Gasteiger partial charge in [0.2, 0.25) is 5.91 Å². The van der Waals surface area contributed by atoms with Gasteiger partial charge in [-0.1, -0.05) is 23.7 Å². The van der Waals surface area contributed by atoms with Crippen molar-refractivity contribution in [3.8, 4) is 5.75 Å². The normalized spacial score (nSPS) is 14.5. The molecular weight excluding hydrogens is 399 g/mol. The first-order valence-corrected chi connectivity index (χ1v) is 10.0. The van der Waals surface area contributed by atoms with E-state index in [9.17, 15) is 9.18 Å². The molecule has 0 bridgehead atoms. The van der Waals surface area contributed by atoms with Gasteiger partial charge in [0.15, 0.2) is 5.13 Å². The molecule has 144 valence electrons. The third-order valence-electron chi connectivity index (χ3n) is 4.97. The van der Waals surface area contributed by atoms with Gasteiger partial charge in [-0.3, -0.25) is 4.79 Å². The van der Waals surface area contributed by atoms with E-state index in [1.54, 1.807) is 19.4 Å². The van der Waals surface area contributed by atoms with Gasteiger partial charge in [-0.25, -0.2) is 9.37 Å². The Balaban J connectivity index is 1.46. The highest BCUT2D eigenvalue weighted by Crippen LogP contribution is 2.49. The quantitative estimate of drug-likeness (QED) is 0.600. The largest absolute Gasteiger partial charge is 0.497 e. The Morgan fingerprint density at radius 3 is 2.71 bits per heavy atom. The molecule has 1 saturated carbocycles. The number of amides is 1. The lowest BCUT2D eigenvalue weighted by atomic mass is 9.95. The number of hydrogen-bond acceptors (Lipinski definition) is 4. The number of aromatic nitrogens is 1. The Labute approximate surface area is 171 Å². The van der Waals surface area contributed by atoms with Crippen LogP contribution in [0.15, 0.2) is 48.7 Å². The van der Waals surface area contributed by atoms with Gasteiger partial charge in [0, 0.05) is 22.5 Å². The smallest absolute Gasteiger partial charge is 0.236 e. The maximum Gasteiger partial charge on any atom is 0.236 e. The summed E-state index contributed by atoms with van der Waals surface area (Å²) in [5.41, 5.74) is 1.18. The highest BCUT2D eigenvalue weighted by molar-refractivity contribution is 7.15. The molecule has 3 aromatic rings. The predicted octanol–water partition coefficient (Wildman–Crippen LogP) is 5.21. The second-order valence-corrected chi connectivity index (χ2v) is 8.33. The molecular formula is C21H18ClFN2O2S. The summed E-state index contributed by atoms with van der Waals surface area (Å²) < 4.78 is 18.6. The first kappa shape index (κ1) is 18.9. The van der Waals surface area contributed by atoms with Crippen LogP contribution in [0, 0.1) is 5.82 Å². The number of hydrogen-bond donors (Lipinski definition) is 1. The summed E-state index contributed by atoms with van der Waals surface area (Å²) in [5.74, 6) is 0.385. The number of nitrogens with zero attached hydrogens (tertiary/aromatic N) is 1. The maximum atomic E-state index is 13.4. The molecule has 0 saturated heterocycles. The average molecular weight is 417 g/mol. The van der Waals surface area contributed by atoms with E-state index in [0.29, 0.717) is 22.1 Å². The maximum absolute atomic E-state index is 13.4. The Kier molecular flexibility index (Phi) is 5.08. The van der Waals surface area contributed by atoms with E-state index < -0.39 is 5.41 Å². The molecule has 1 aromatic heterocycles. The van der Waals surface area contributed by atoms with Gasteiger partial charge in [-0.2, -0.15) is 0 Å². The first-order valence-electron chi connectivity index (χ1n) is 8.85. The van der Waals surface area contributed by atoms with Crippen molar-refractivity contribution in [1.29, 1.82) is 0 Å². The van der Waals surface area contributed by atoms with Crippen LogP contribution in [-0.4, -0.2) is 18.0 Å². The van der Waals surface area contributed by atoms with Crippen LogP contribution in [0.25, 0.3) is 0 Å². The van der Waals surface area contributed by atoms with E-state index in [4.69, 9.17) is 16.3 Å². The molecule has 0 radical (unpaired) electrons. The fraction of sp³-hybridized carbons (Fsp3) is 0.238. The van der Waals surface area contributed by atoms with Gasteiger partial charge < -0.3 is 10.1 Å². The zero-order chi connectivity index (χ0) is 19.7. The van der Waals surface area contributed by atoms with Crippen molar-refractivity contribution >= 4 is 34.0 Å². The van der Waals surface area contributed by atoms with Crippen molar-refractivity contribution < 1.29 is 13.9 Å². The number of nitrogens with one attached hydrogen (secondary N) is 1. The molecule has 0 atom stereocenters. The molecule has 28 heavy (non-hydrogen) atoms. The number of carbonyl (C=O) groups excluding carboxylic acids is 1. The van der Waals surface area contributed by atoms with E-state index >= 15 is 0 Å². The molecule has 1 amide bonds. The van der Waals surface area contributed by atoms with Gasteiger partial charge in [0.25, 0.3) is 0 Å². The summed E-state index contributed by atoms with van der Waals surface area (Å²) in [6, 6.07) is 11.9. The Morgan fingerprint density at radius 2 is 2.04 bits per heavy atom. The standard InChI is InChI=1S/C21H18ClFN2O2S/c1-27-16-5-2-14(3-6-16)21(8-9-21)19(26)25-20-24-12-17(28-20)11-13-10-15(23)4-7-18(13)22/h2-7,10,12H,8-9,11H2,1H3,(H,24,25,26). The Bertz CT molecular complexity index is 1020. The molecule has 0 unspecified atom stereocenters. The molecule has 4 nitrogen and oxygen atoms in total. The van der Waals surface area contributed by atoms with Gasteiger partial charge in [-0.05, 0) is 54.3 Å². The van der Waals surface area contributed by atoms with E-state index in [0.717, 1.165) is 29.0 Å². The number of anilines is 1. The third-order valence-corrected chi connectivity index (χ3v) is 6.26. The van der Waals surface area contributed by atoms with Gasteiger partial charge in [0.05, 0.1) is 12.5 Å². The second-order valence-electron chi connectivity index (χ2n) is 6.81. The van der Waals surface area contributed by atoms with Crippen molar-refractivity contribution in [3.63, 3.8) is 0 Å². The summed E-state index contributed by atoms with van der Waals surface area (Å²) in [4.78, 5) is 18.1. The van der Waals surface area contributed by atoms with Crippen molar-refractivity contribution in [2.24, 2.45) is 0 Å². The number of carbonyl (C=O) groups is 1. The van der Waals surface area contributed by atoms with Crippen LogP contribution in [0.1, 0.15) is 28.8 Å². The molecule has 2 aromatic carbocycles. The van der Waals surface area contributed by atoms with Crippen molar-refractivity contribution in [1.82, 2.24) is 4.98 Å². The average Bonchev–Trinajstić information content (AvgIpc) is 3.40. The van der Waals surface area contributed by atoms with Crippen molar-refractivity contribution in [2.75, 3.05) is 12.4 Å². The molecule has 1 N–H and O–H groups in total. The second kappa shape index (κ2) is 7.53. The molecule has 1 heterocycles. The lowest BCUT2D eigenvalue weighted by Crippen LogP contribution is -2.27. The van der Waals surface area contributed by atoms with E-state index in [2.05, 4.69) is 10.3 Å². The van der Waals surface area contributed by atoms with Crippen molar-refractivity contribution in [3.05, 3.63) is 75.5 Å². The van der Waals surface area contributed by atoms with Crippen LogP contribution in [0.2, 0.25) is 5.02 Å². The van der Waals surface area contributed by atoms with E-state index in [1.807, 2.05) is 24.3 Å². The van der Waals surface area contributed by atoms with Crippen LogP contribution < -0.4 is 10.1 Å². The summed E-state index contributed by atoms with van der Waals surface area (Å²) in [5, 5.41) is 3.98. The number of methoxy groups -OCH3 is 1. The van der Waals surface area contributed by atoms with E-state index in [1.165, 1.54) is 23.5 Å². The van der Waals surface area contributed by atoms with Crippen LogP contribution >= 0.6 is 22.9 Å². The Hall–Kier alpha value is -2.44. The van der Waals surface area contributed by atoms with Crippen LogP contribution in [0.3, 0.4) is 0 Å². The van der Waals surface area contributed by atoms with Gasteiger partial charge in [0.1, 0.15) is 11.6 Å². The SMILES string of the molecule is COc1ccc(C2(C(=O)Nc3ncc(Cc4cc(F)ccc4Cl)s3)CC2)cc1. The molecule has 0 aliphatic heterocycles. The minimum absolute atomic E-state index is 0.0534. The number of benzene rings is 2. The molecule has 1 fully saturated rings. The summed E-state index contributed by atoms with van der Waals surface area (Å²) >= 11 is 7.51. The monoisotopic (exact) mass is 416 g/mol. The molecule has 1 aliphatic rings. The van der Waals surface area contributed by atoms with E-state index in [-0.39, 0.29) is 11.7 Å². The van der Waals surface area contributed by atoms with Crippen molar-refractivity contribution in [2.45, 2.75) is 24.7 Å². The molecule has 4 rings (SSSR count). The van der Waals surface area contributed by atoms with Crippen LogP contribution in [-0.2, 0) is 16.6 Å². The lowest BCUT2D eigenvalue weighted by Gasteiger charge is -2.15. The van der Waals surface area contributed by atoms with Crippen LogP contribution in [0.5, 0.6) is 5.75 Å². The topological polar surface area (TPSA) is 51.2 Å². The lowest BCUT2D eigenvalue weighted by molar-refractivity contribution is -0.118. The molecule has 7 heteroatoms. The minimum atomic E-state index is -0.496. The minimum Gasteiger partial charge on any atom is -0.497 e. The number of halogens is 2. The fourth-order valence-corrected chi connectivity index (χ4v) is 4.23. The highest BCUT2D eigenvalue weighted by Gasteiger charge is 2.51. The fourth-order valence-electron chi connectivity index (χ4n) is 3.21. The van der Waals surface area contributed by atoms with Gasteiger partial charge >= 0.3 is 0 Å². The third kappa shape index (κ3) is 3.75. The first-order chi connectivity index (χ1) is 13.5. The number of thiazole rings is 1. The zero-order valence-corrected chi connectivity index (χ0v) is 16.7. The summed E-state index contributed by atoms with van der Waals surface area (Å²) in [7, 11) is 1.62. The number of rotatable bonds is 6. The molecule has 1 aliphatic carbocycles. The van der Waals surface area contributed by atoms with Gasteiger partial charge in [-0.15, -0.1) is 11.3 Å².